The molecule has 0 N–H and O–H groups in total. The highest BCUT2D eigenvalue weighted by atomic mass is 16.5. The van der Waals surface area contributed by atoms with Gasteiger partial charge in [-0.1, -0.05) is 6.92 Å². The van der Waals surface area contributed by atoms with E-state index >= 15 is 0 Å². The Labute approximate surface area is 124 Å². The van der Waals surface area contributed by atoms with Crippen LogP contribution in [0.2, 0.25) is 0 Å². The maximum Gasteiger partial charge on any atom is 0.123 e. The second-order valence-electron chi connectivity index (χ2n) is 5.18. The standard InChI is InChI=1S/C17H19N3O/c1-5-12-10-15(14-8-9-20(3)19-14)18-17-11(2)16(21-4)7-6-13(12)17/h6-10H,5H2,1-4H3. The molecule has 0 spiro atoms. The fourth-order valence-electron chi connectivity index (χ4n) is 2.68. The fourth-order valence-corrected chi connectivity index (χ4v) is 2.68. The van der Waals surface area contributed by atoms with E-state index in [0.29, 0.717) is 0 Å². The molecule has 0 atom stereocenters. The van der Waals surface area contributed by atoms with Gasteiger partial charge in [-0.25, -0.2) is 4.98 Å². The van der Waals surface area contributed by atoms with E-state index < -0.39 is 0 Å². The Morgan fingerprint density at radius 2 is 2.00 bits per heavy atom. The summed E-state index contributed by atoms with van der Waals surface area (Å²) in [4.78, 5) is 4.82. The SMILES string of the molecule is CCc1cc(-c2ccn(C)n2)nc2c(C)c(OC)ccc12. The summed E-state index contributed by atoms with van der Waals surface area (Å²) >= 11 is 0. The molecule has 2 heterocycles. The van der Waals surface area contributed by atoms with E-state index in [9.17, 15) is 0 Å². The van der Waals surface area contributed by atoms with Crippen molar-refractivity contribution in [3.63, 3.8) is 0 Å². The van der Waals surface area contributed by atoms with Crippen molar-refractivity contribution in [3.05, 3.63) is 41.6 Å². The third-order valence-corrected chi connectivity index (χ3v) is 3.85. The van der Waals surface area contributed by atoms with Crippen LogP contribution in [0, 0.1) is 6.92 Å². The number of aryl methyl sites for hydroxylation is 3. The van der Waals surface area contributed by atoms with E-state index in [1.54, 1.807) is 11.8 Å². The van der Waals surface area contributed by atoms with Gasteiger partial charge in [-0.3, -0.25) is 4.68 Å². The second kappa shape index (κ2) is 5.20. The molecule has 4 heteroatoms. The Morgan fingerprint density at radius 3 is 2.62 bits per heavy atom. The number of aromatic nitrogens is 3. The lowest BCUT2D eigenvalue weighted by atomic mass is 10.0. The van der Waals surface area contributed by atoms with E-state index in [1.165, 1.54) is 10.9 Å². The molecule has 0 aliphatic carbocycles. The van der Waals surface area contributed by atoms with Crippen LogP contribution in [0.5, 0.6) is 5.75 Å². The summed E-state index contributed by atoms with van der Waals surface area (Å²) in [7, 11) is 3.61. The molecule has 0 aliphatic heterocycles. The Hall–Kier alpha value is -2.36. The fraction of sp³-hybridized carbons (Fsp3) is 0.294. The first-order chi connectivity index (χ1) is 10.1. The predicted octanol–water partition coefficient (Wildman–Crippen LogP) is 3.51. The highest BCUT2D eigenvalue weighted by Crippen LogP contribution is 2.30. The van der Waals surface area contributed by atoms with Crippen LogP contribution in [0.25, 0.3) is 22.3 Å². The van der Waals surface area contributed by atoms with Crippen LogP contribution in [-0.4, -0.2) is 21.9 Å². The maximum absolute atomic E-state index is 5.42. The van der Waals surface area contributed by atoms with Gasteiger partial charge in [-0.15, -0.1) is 0 Å². The van der Waals surface area contributed by atoms with Crippen LogP contribution >= 0.6 is 0 Å². The van der Waals surface area contributed by atoms with Crippen molar-refractivity contribution >= 4 is 10.9 Å². The molecular weight excluding hydrogens is 262 g/mol. The molecule has 0 saturated carbocycles. The number of benzene rings is 1. The van der Waals surface area contributed by atoms with Crippen molar-refractivity contribution in [1.82, 2.24) is 14.8 Å². The zero-order valence-corrected chi connectivity index (χ0v) is 12.8. The highest BCUT2D eigenvalue weighted by Gasteiger charge is 2.12. The minimum atomic E-state index is 0.871. The molecule has 3 aromatic rings. The first-order valence-electron chi connectivity index (χ1n) is 7.11. The molecule has 0 fully saturated rings. The van der Waals surface area contributed by atoms with Crippen molar-refractivity contribution in [1.29, 1.82) is 0 Å². The predicted molar refractivity (Wildman–Crippen MR) is 84.6 cm³/mol. The van der Waals surface area contributed by atoms with Crippen LogP contribution in [-0.2, 0) is 13.5 Å². The molecular formula is C17H19N3O. The van der Waals surface area contributed by atoms with Gasteiger partial charge in [0.25, 0.3) is 0 Å². The molecule has 0 saturated heterocycles. The minimum Gasteiger partial charge on any atom is -0.496 e. The van der Waals surface area contributed by atoms with Gasteiger partial charge in [-0.2, -0.15) is 5.10 Å². The van der Waals surface area contributed by atoms with Crippen molar-refractivity contribution in [3.8, 4) is 17.1 Å². The lowest BCUT2D eigenvalue weighted by Gasteiger charge is -2.12. The van der Waals surface area contributed by atoms with Gasteiger partial charge in [0.05, 0.1) is 18.3 Å². The number of pyridine rings is 1. The number of nitrogens with zero attached hydrogens (tertiary/aromatic N) is 3. The van der Waals surface area contributed by atoms with Crippen LogP contribution in [0.3, 0.4) is 0 Å². The number of methoxy groups -OCH3 is 1. The Balaban J connectivity index is 2.30. The van der Waals surface area contributed by atoms with Crippen molar-refractivity contribution in [2.45, 2.75) is 20.3 Å². The van der Waals surface area contributed by atoms with E-state index in [0.717, 1.165) is 34.6 Å². The largest absolute Gasteiger partial charge is 0.496 e. The van der Waals surface area contributed by atoms with Gasteiger partial charge in [0, 0.05) is 24.2 Å². The van der Waals surface area contributed by atoms with Gasteiger partial charge < -0.3 is 4.74 Å². The lowest BCUT2D eigenvalue weighted by molar-refractivity contribution is 0.412. The normalized spacial score (nSPS) is 11.0. The molecule has 3 rings (SSSR count). The molecule has 0 unspecified atom stereocenters. The first kappa shape index (κ1) is 13.6. The molecule has 108 valence electrons. The quantitative estimate of drug-likeness (QED) is 0.737. The van der Waals surface area contributed by atoms with Gasteiger partial charge in [-0.05, 0) is 43.2 Å². The lowest BCUT2D eigenvalue weighted by Crippen LogP contribution is -1.97. The number of fused-ring (bicyclic) bond motifs is 1. The maximum atomic E-state index is 5.42. The molecule has 0 amide bonds. The summed E-state index contributed by atoms with van der Waals surface area (Å²) in [6.07, 6.45) is 2.90. The average molecular weight is 281 g/mol. The van der Waals surface area contributed by atoms with E-state index in [1.807, 2.05) is 25.4 Å². The molecule has 0 bridgehead atoms. The summed E-state index contributed by atoms with van der Waals surface area (Å²) in [5.41, 5.74) is 5.16. The molecule has 21 heavy (non-hydrogen) atoms. The van der Waals surface area contributed by atoms with Crippen LogP contribution < -0.4 is 4.74 Å². The van der Waals surface area contributed by atoms with Crippen molar-refractivity contribution < 1.29 is 4.74 Å². The van der Waals surface area contributed by atoms with Crippen molar-refractivity contribution in [2.24, 2.45) is 7.05 Å². The monoisotopic (exact) mass is 281 g/mol. The Bertz CT molecular complexity index is 805. The number of hydrogen-bond acceptors (Lipinski definition) is 3. The van der Waals surface area contributed by atoms with E-state index in [-0.39, 0.29) is 0 Å². The molecule has 1 aromatic carbocycles. The summed E-state index contributed by atoms with van der Waals surface area (Å²) in [5.74, 6) is 0.871. The smallest absolute Gasteiger partial charge is 0.123 e. The molecule has 2 aromatic heterocycles. The number of rotatable bonds is 3. The minimum absolute atomic E-state index is 0.871. The van der Waals surface area contributed by atoms with Crippen LogP contribution in [0.15, 0.2) is 30.5 Å². The number of hydrogen-bond donors (Lipinski definition) is 0. The van der Waals surface area contributed by atoms with Crippen LogP contribution in [0.4, 0.5) is 0 Å². The third-order valence-electron chi connectivity index (χ3n) is 3.85. The summed E-state index contributed by atoms with van der Waals surface area (Å²) in [6, 6.07) is 8.23. The van der Waals surface area contributed by atoms with Gasteiger partial charge >= 0.3 is 0 Å². The van der Waals surface area contributed by atoms with Crippen molar-refractivity contribution in [2.75, 3.05) is 7.11 Å². The zero-order chi connectivity index (χ0) is 15.0. The molecule has 4 nitrogen and oxygen atoms in total. The van der Waals surface area contributed by atoms with Crippen LogP contribution in [0.1, 0.15) is 18.1 Å². The highest BCUT2D eigenvalue weighted by molar-refractivity contribution is 5.89. The zero-order valence-electron chi connectivity index (χ0n) is 12.8. The number of ether oxygens (including phenoxy) is 1. The topological polar surface area (TPSA) is 39.9 Å². The van der Waals surface area contributed by atoms with E-state index in [4.69, 9.17) is 9.72 Å². The third kappa shape index (κ3) is 2.27. The summed E-state index contributed by atoms with van der Waals surface area (Å²) in [5, 5.41) is 5.65. The Kier molecular flexibility index (Phi) is 3.37. The second-order valence-corrected chi connectivity index (χ2v) is 5.18. The van der Waals surface area contributed by atoms with Gasteiger partial charge in [0.15, 0.2) is 0 Å². The first-order valence-corrected chi connectivity index (χ1v) is 7.11. The Morgan fingerprint density at radius 1 is 1.19 bits per heavy atom. The average Bonchev–Trinajstić information content (AvgIpc) is 2.93. The summed E-state index contributed by atoms with van der Waals surface area (Å²) < 4.78 is 7.21. The molecule has 0 aliphatic rings. The van der Waals surface area contributed by atoms with E-state index in [2.05, 4.69) is 31.1 Å². The summed E-state index contributed by atoms with van der Waals surface area (Å²) in [6.45, 7) is 4.21. The molecule has 0 radical (unpaired) electrons. The van der Waals surface area contributed by atoms with Gasteiger partial charge in [0.1, 0.15) is 11.4 Å². The van der Waals surface area contributed by atoms with Gasteiger partial charge in [0.2, 0.25) is 0 Å².